The first kappa shape index (κ1) is 13.2. The molecule has 0 radical (unpaired) electrons. The number of aromatic nitrogens is 1. The fourth-order valence-corrected chi connectivity index (χ4v) is 1.70. The summed E-state index contributed by atoms with van der Waals surface area (Å²) in [4.78, 5) is 15.8. The third-order valence-electron chi connectivity index (χ3n) is 2.86. The van der Waals surface area contributed by atoms with E-state index in [4.69, 9.17) is 0 Å². The van der Waals surface area contributed by atoms with Gasteiger partial charge in [-0.2, -0.15) is 0 Å². The summed E-state index contributed by atoms with van der Waals surface area (Å²) in [5.74, 6) is -0.623. The van der Waals surface area contributed by atoms with Gasteiger partial charge in [0.05, 0.1) is 0 Å². The molecule has 0 spiro atoms. The number of hydrogen-bond donors (Lipinski definition) is 1. The molecular formula is C15H15FN2O. The van der Waals surface area contributed by atoms with Crippen molar-refractivity contribution >= 4 is 5.91 Å². The first-order chi connectivity index (χ1) is 9.16. The normalized spacial score (nSPS) is 10.2. The molecule has 0 atom stereocenters. The van der Waals surface area contributed by atoms with Crippen LogP contribution >= 0.6 is 0 Å². The molecular weight excluding hydrogens is 243 g/mol. The quantitative estimate of drug-likeness (QED) is 0.915. The summed E-state index contributed by atoms with van der Waals surface area (Å²) in [7, 11) is 0. The van der Waals surface area contributed by atoms with Gasteiger partial charge in [-0.3, -0.25) is 9.78 Å². The summed E-state index contributed by atoms with van der Waals surface area (Å²) in [6.45, 7) is 2.17. The topological polar surface area (TPSA) is 42.0 Å². The molecule has 1 N–H and O–H groups in total. The van der Waals surface area contributed by atoms with Gasteiger partial charge in [-0.15, -0.1) is 0 Å². The van der Waals surface area contributed by atoms with Gasteiger partial charge in [-0.05, 0) is 42.7 Å². The molecule has 98 valence electrons. The van der Waals surface area contributed by atoms with Crippen LogP contribution in [0.4, 0.5) is 4.39 Å². The molecule has 4 heteroatoms. The molecule has 3 nitrogen and oxygen atoms in total. The molecule has 0 unspecified atom stereocenters. The van der Waals surface area contributed by atoms with Crippen LogP contribution in [0.2, 0.25) is 0 Å². The highest BCUT2D eigenvalue weighted by Crippen LogP contribution is 2.09. The molecule has 0 aliphatic rings. The highest BCUT2D eigenvalue weighted by molar-refractivity contribution is 5.94. The van der Waals surface area contributed by atoms with Gasteiger partial charge in [0.1, 0.15) is 5.82 Å². The molecule has 1 aromatic heterocycles. The first-order valence-electron chi connectivity index (χ1n) is 6.10. The van der Waals surface area contributed by atoms with Crippen molar-refractivity contribution in [1.82, 2.24) is 10.3 Å². The van der Waals surface area contributed by atoms with Crippen molar-refractivity contribution in [3.05, 3.63) is 65.2 Å². The van der Waals surface area contributed by atoms with Crippen LogP contribution in [-0.2, 0) is 6.42 Å². The highest BCUT2D eigenvalue weighted by Gasteiger charge is 2.07. The molecule has 1 heterocycles. The van der Waals surface area contributed by atoms with Crippen molar-refractivity contribution in [2.75, 3.05) is 6.54 Å². The molecule has 0 saturated carbocycles. The van der Waals surface area contributed by atoms with E-state index < -0.39 is 0 Å². The SMILES string of the molecule is Cc1ccc(C(=O)NCCc2cccnc2)cc1F. The highest BCUT2D eigenvalue weighted by atomic mass is 19.1. The van der Waals surface area contributed by atoms with Gasteiger partial charge in [-0.1, -0.05) is 12.1 Å². The number of hydrogen-bond acceptors (Lipinski definition) is 2. The number of pyridine rings is 1. The maximum Gasteiger partial charge on any atom is 0.251 e. The Kier molecular flexibility index (Phi) is 4.23. The number of halogens is 1. The van der Waals surface area contributed by atoms with Crippen LogP contribution in [0.5, 0.6) is 0 Å². The fraction of sp³-hybridized carbons (Fsp3) is 0.200. The zero-order valence-corrected chi connectivity index (χ0v) is 10.7. The summed E-state index contributed by atoms with van der Waals surface area (Å²) in [5, 5.41) is 2.76. The van der Waals surface area contributed by atoms with E-state index in [1.165, 1.54) is 6.07 Å². The second kappa shape index (κ2) is 6.09. The standard InChI is InChI=1S/C15H15FN2O/c1-11-4-5-13(9-14(11)16)15(19)18-8-6-12-3-2-7-17-10-12/h2-5,7,9-10H,6,8H2,1H3,(H,18,19). The lowest BCUT2D eigenvalue weighted by atomic mass is 10.1. The Balaban J connectivity index is 1.89. The van der Waals surface area contributed by atoms with Gasteiger partial charge in [0.25, 0.3) is 5.91 Å². The number of amides is 1. The minimum atomic E-state index is -0.361. The molecule has 0 aliphatic heterocycles. The van der Waals surface area contributed by atoms with Crippen molar-refractivity contribution in [1.29, 1.82) is 0 Å². The van der Waals surface area contributed by atoms with Crippen LogP contribution in [0.15, 0.2) is 42.7 Å². The second-order valence-corrected chi connectivity index (χ2v) is 4.33. The van der Waals surface area contributed by atoms with Gasteiger partial charge in [-0.25, -0.2) is 4.39 Å². The molecule has 1 amide bonds. The number of carbonyl (C=O) groups excluding carboxylic acids is 1. The van der Waals surface area contributed by atoms with Crippen LogP contribution in [-0.4, -0.2) is 17.4 Å². The molecule has 19 heavy (non-hydrogen) atoms. The molecule has 1 aromatic carbocycles. The van der Waals surface area contributed by atoms with E-state index in [0.717, 1.165) is 5.56 Å². The van der Waals surface area contributed by atoms with Gasteiger partial charge in [0.2, 0.25) is 0 Å². The van der Waals surface area contributed by atoms with E-state index >= 15 is 0 Å². The van der Waals surface area contributed by atoms with Crippen LogP contribution in [0, 0.1) is 12.7 Å². The molecule has 0 bridgehead atoms. The predicted octanol–water partition coefficient (Wildman–Crippen LogP) is 2.50. The number of aryl methyl sites for hydroxylation is 1. The molecule has 2 aromatic rings. The van der Waals surface area contributed by atoms with Crippen LogP contribution in [0.25, 0.3) is 0 Å². The maximum absolute atomic E-state index is 13.3. The van der Waals surface area contributed by atoms with E-state index in [2.05, 4.69) is 10.3 Å². The lowest BCUT2D eigenvalue weighted by molar-refractivity contribution is 0.0953. The number of rotatable bonds is 4. The number of nitrogens with one attached hydrogen (secondary N) is 1. The van der Waals surface area contributed by atoms with Crippen LogP contribution in [0.1, 0.15) is 21.5 Å². The number of benzene rings is 1. The number of carbonyl (C=O) groups is 1. The summed E-state index contributed by atoms with van der Waals surface area (Å²) in [6, 6.07) is 8.29. The van der Waals surface area contributed by atoms with Gasteiger partial charge >= 0.3 is 0 Å². The number of nitrogens with zero attached hydrogens (tertiary/aromatic N) is 1. The molecule has 0 fully saturated rings. The zero-order valence-electron chi connectivity index (χ0n) is 10.7. The Hall–Kier alpha value is -2.23. The Bertz CT molecular complexity index is 570. The van der Waals surface area contributed by atoms with Gasteiger partial charge < -0.3 is 5.32 Å². The van der Waals surface area contributed by atoms with E-state index in [9.17, 15) is 9.18 Å². The van der Waals surface area contributed by atoms with Crippen molar-refractivity contribution in [2.45, 2.75) is 13.3 Å². The molecule has 0 saturated heterocycles. The van der Waals surface area contributed by atoms with E-state index in [-0.39, 0.29) is 11.7 Å². The van der Waals surface area contributed by atoms with E-state index in [0.29, 0.717) is 24.1 Å². The average Bonchev–Trinajstić information content (AvgIpc) is 2.43. The third kappa shape index (κ3) is 3.61. The average molecular weight is 258 g/mol. The summed E-state index contributed by atoms with van der Waals surface area (Å²) in [6.07, 6.45) is 4.17. The first-order valence-corrected chi connectivity index (χ1v) is 6.10. The Morgan fingerprint density at radius 3 is 2.89 bits per heavy atom. The van der Waals surface area contributed by atoms with Crippen molar-refractivity contribution < 1.29 is 9.18 Å². The Morgan fingerprint density at radius 1 is 1.37 bits per heavy atom. The lowest BCUT2D eigenvalue weighted by Crippen LogP contribution is -2.25. The monoisotopic (exact) mass is 258 g/mol. The smallest absolute Gasteiger partial charge is 0.251 e. The summed E-state index contributed by atoms with van der Waals surface area (Å²) in [5.41, 5.74) is 1.93. The van der Waals surface area contributed by atoms with Crippen molar-refractivity contribution in [2.24, 2.45) is 0 Å². The fourth-order valence-electron chi connectivity index (χ4n) is 1.70. The van der Waals surface area contributed by atoms with E-state index in [1.807, 2.05) is 12.1 Å². The Morgan fingerprint density at radius 2 is 2.21 bits per heavy atom. The second-order valence-electron chi connectivity index (χ2n) is 4.33. The minimum absolute atomic E-state index is 0.261. The van der Waals surface area contributed by atoms with Crippen molar-refractivity contribution in [3.63, 3.8) is 0 Å². The van der Waals surface area contributed by atoms with Gasteiger partial charge in [0, 0.05) is 24.5 Å². The molecule has 0 aliphatic carbocycles. The van der Waals surface area contributed by atoms with Crippen LogP contribution in [0.3, 0.4) is 0 Å². The van der Waals surface area contributed by atoms with E-state index in [1.54, 1.807) is 31.5 Å². The molecule has 2 rings (SSSR count). The lowest BCUT2D eigenvalue weighted by Gasteiger charge is -2.06. The summed E-state index contributed by atoms with van der Waals surface area (Å²) < 4.78 is 13.3. The largest absolute Gasteiger partial charge is 0.352 e. The van der Waals surface area contributed by atoms with Crippen LogP contribution < -0.4 is 5.32 Å². The van der Waals surface area contributed by atoms with Crippen molar-refractivity contribution in [3.8, 4) is 0 Å². The Labute approximate surface area is 111 Å². The zero-order chi connectivity index (χ0) is 13.7. The third-order valence-corrected chi connectivity index (χ3v) is 2.86. The summed E-state index contributed by atoms with van der Waals surface area (Å²) >= 11 is 0. The predicted molar refractivity (Wildman–Crippen MR) is 71.4 cm³/mol. The minimum Gasteiger partial charge on any atom is -0.352 e. The van der Waals surface area contributed by atoms with Gasteiger partial charge in [0.15, 0.2) is 0 Å². The maximum atomic E-state index is 13.3.